The van der Waals surface area contributed by atoms with Gasteiger partial charge in [0.15, 0.2) is 0 Å². The van der Waals surface area contributed by atoms with Crippen LogP contribution in [0.5, 0.6) is 0 Å². The third-order valence-electron chi connectivity index (χ3n) is 13.7. The van der Waals surface area contributed by atoms with Gasteiger partial charge in [-0.25, -0.2) is 9.59 Å². The first kappa shape index (κ1) is 36.4. The Kier molecular flexibility index (Phi) is 10.1. The van der Waals surface area contributed by atoms with E-state index in [4.69, 9.17) is 10.5 Å². The van der Waals surface area contributed by atoms with E-state index in [1.807, 2.05) is 30.3 Å². The van der Waals surface area contributed by atoms with Crippen molar-refractivity contribution >= 4 is 35.5 Å². The quantitative estimate of drug-likeness (QED) is 0.177. The molecular formula is C40H55N5O7. The van der Waals surface area contributed by atoms with E-state index >= 15 is 0 Å². The number of primary amides is 1. The number of esters is 1. The molecule has 7 rings (SSSR count). The second kappa shape index (κ2) is 14.5. The molecule has 6 aliphatic rings. The molecule has 1 heterocycles. The van der Waals surface area contributed by atoms with E-state index in [1.54, 1.807) is 4.90 Å². The average molecular weight is 718 g/mol. The van der Waals surface area contributed by atoms with Crippen LogP contribution in [0, 0.1) is 40.9 Å². The third-order valence-corrected chi connectivity index (χ3v) is 13.7. The van der Waals surface area contributed by atoms with Crippen molar-refractivity contribution in [2.24, 2.45) is 46.7 Å². The fourth-order valence-corrected chi connectivity index (χ4v) is 10.1. The molecule has 5 amide bonds. The molecule has 6 fully saturated rings. The summed E-state index contributed by atoms with van der Waals surface area (Å²) in [5, 5.41) is 8.91. The molecule has 4 unspecified atom stereocenters. The van der Waals surface area contributed by atoms with E-state index in [1.165, 1.54) is 0 Å². The van der Waals surface area contributed by atoms with Gasteiger partial charge in [-0.1, -0.05) is 76.3 Å². The lowest BCUT2D eigenvalue weighted by Crippen LogP contribution is -2.65. The standard InChI is InChI=1S/C40H55N5O7/c1-39(2)28-21-45(32(30(28)39)35(48)42-29(19-23-13-14-23)33(46)34(41)47)36(49)31(26-11-7-4-8-12-26)43-38(51)44-40(18-17-25-15-16-27(25)20-40)37(50)52-22-24-9-5-3-6-10-24/h3,5-6,9-10,23,25-32H,4,7-8,11-22H2,1-2H3,(H2,41,47)(H,42,48)(H2,43,44,51)/t25?,27?,28-,29?,30-,31-,32-,40?/m0/s1. The minimum Gasteiger partial charge on any atom is -0.459 e. The highest BCUT2D eigenvalue weighted by atomic mass is 16.5. The van der Waals surface area contributed by atoms with Gasteiger partial charge in [0, 0.05) is 6.54 Å². The number of rotatable bonds is 13. The Labute approximate surface area is 306 Å². The van der Waals surface area contributed by atoms with E-state index in [0.717, 1.165) is 69.8 Å². The highest BCUT2D eigenvalue weighted by Crippen LogP contribution is 2.65. The molecule has 1 aromatic rings. The van der Waals surface area contributed by atoms with Gasteiger partial charge < -0.3 is 31.3 Å². The second-order valence-electron chi connectivity index (χ2n) is 17.3. The van der Waals surface area contributed by atoms with Crippen LogP contribution in [-0.2, 0) is 35.3 Å². The summed E-state index contributed by atoms with van der Waals surface area (Å²) >= 11 is 0. The van der Waals surface area contributed by atoms with Gasteiger partial charge in [0.1, 0.15) is 24.2 Å². The minimum atomic E-state index is -1.20. The molecule has 5 saturated carbocycles. The largest absolute Gasteiger partial charge is 0.459 e. The molecule has 0 bridgehead atoms. The highest BCUT2D eigenvalue weighted by Gasteiger charge is 2.70. The Morgan fingerprint density at radius 1 is 0.904 bits per heavy atom. The van der Waals surface area contributed by atoms with Crippen molar-refractivity contribution < 1.29 is 33.5 Å². The number of ether oxygens (including phenoxy) is 1. The molecule has 5 aliphatic carbocycles. The zero-order valence-electron chi connectivity index (χ0n) is 30.6. The van der Waals surface area contributed by atoms with Crippen LogP contribution in [0.3, 0.4) is 0 Å². The van der Waals surface area contributed by atoms with Gasteiger partial charge in [0.05, 0.1) is 6.04 Å². The van der Waals surface area contributed by atoms with Gasteiger partial charge in [-0.05, 0) is 97.9 Å². The van der Waals surface area contributed by atoms with Crippen LogP contribution >= 0.6 is 0 Å². The topological polar surface area (TPSA) is 177 Å². The number of benzene rings is 1. The van der Waals surface area contributed by atoms with Crippen LogP contribution in [0.2, 0.25) is 0 Å². The molecule has 282 valence electrons. The van der Waals surface area contributed by atoms with Crippen LogP contribution in [0.15, 0.2) is 30.3 Å². The molecule has 0 radical (unpaired) electrons. The number of fused-ring (bicyclic) bond motifs is 2. The molecule has 1 aromatic carbocycles. The Morgan fingerprint density at radius 2 is 1.62 bits per heavy atom. The van der Waals surface area contributed by atoms with Crippen molar-refractivity contribution in [3.8, 4) is 0 Å². The summed E-state index contributed by atoms with van der Waals surface area (Å²) < 4.78 is 5.84. The SMILES string of the molecule is CC1(C)[C@@H]2[C@@H](C(=O)NC(CC3CC3)C(=O)C(N)=O)N(C(=O)[C@@H](NC(=O)NC3(C(=O)OCc4ccccc4)CCC4CCC4C3)C3CCCCC3)C[C@@H]21. The molecule has 12 heteroatoms. The second-order valence-corrected chi connectivity index (χ2v) is 17.3. The van der Waals surface area contributed by atoms with E-state index in [2.05, 4.69) is 29.8 Å². The number of piperidine rings is 1. The van der Waals surface area contributed by atoms with Crippen molar-refractivity contribution in [2.45, 2.75) is 128 Å². The van der Waals surface area contributed by atoms with Crippen molar-refractivity contribution in [3.63, 3.8) is 0 Å². The minimum absolute atomic E-state index is 0.0853. The monoisotopic (exact) mass is 717 g/mol. The van der Waals surface area contributed by atoms with Crippen LogP contribution in [0.4, 0.5) is 4.79 Å². The number of amides is 5. The predicted octanol–water partition coefficient (Wildman–Crippen LogP) is 3.75. The summed E-state index contributed by atoms with van der Waals surface area (Å²) in [7, 11) is 0. The van der Waals surface area contributed by atoms with E-state index in [0.29, 0.717) is 37.6 Å². The van der Waals surface area contributed by atoms with Gasteiger partial charge in [-0.15, -0.1) is 0 Å². The number of urea groups is 1. The molecular weight excluding hydrogens is 662 g/mol. The molecule has 1 aliphatic heterocycles. The molecule has 0 aromatic heterocycles. The lowest BCUT2D eigenvalue weighted by molar-refractivity contribution is -0.157. The number of nitrogens with zero attached hydrogens (tertiary/aromatic N) is 1. The number of ketones is 1. The number of hydrogen-bond donors (Lipinski definition) is 4. The van der Waals surface area contributed by atoms with Crippen molar-refractivity contribution in [1.82, 2.24) is 20.9 Å². The zero-order chi connectivity index (χ0) is 36.8. The number of likely N-dealkylation sites (tertiary alicyclic amines) is 1. The predicted molar refractivity (Wildman–Crippen MR) is 191 cm³/mol. The van der Waals surface area contributed by atoms with Gasteiger partial charge in [0.25, 0.3) is 5.91 Å². The van der Waals surface area contributed by atoms with Crippen LogP contribution in [0.1, 0.15) is 103 Å². The van der Waals surface area contributed by atoms with Gasteiger partial charge in [-0.3, -0.25) is 19.2 Å². The average Bonchev–Trinajstić information content (AvgIpc) is 3.98. The fourth-order valence-electron chi connectivity index (χ4n) is 10.1. The van der Waals surface area contributed by atoms with E-state index in [9.17, 15) is 28.8 Å². The van der Waals surface area contributed by atoms with Gasteiger partial charge in [-0.2, -0.15) is 0 Å². The number of carbonyl (C=O) groups excluding carboxylic acids is 6. The maximum atomic E-state index is 14.7. The number of nitrogens with one attached hydrogen (secondary N) is 3. The first-order chi connectivity index (χ1) is 24.9. The Balaban J connectivity index is 1.09. The van der Waals surface area contributed by atoms with Gasteiger partial charge >= 0.3 is 12.0 Å². The Hall–Kier alpha value is -3.96. The van der Waals surface area contributed by atoms with Crippen molar-refractivity contribution in [1.29, 1.82) is 0 Å². The van der Waals surface area contributed by atoms with E-state index < -0.39 is 53.3 Å². The molecule has 5 N–H and O–H groups in total. The highest BCUT2D eigenvalue weighted by molar-refractivity contribution is 6.37. The molecule has 1 saturated heterocycles. The number of carbonyl (C=O) groups is 6. The smallest absolute Gasteiger partial charge is 0.332 e. The summed E-state index contributed by atoms with van der Waals surface area (Å²) in [4.78, 5) is 83.0. The van der Waals surface area contributed by atoms with Crippen molar-refractivity contribution in [2.75, 3.05) is 6.54 Å². The first-order valence-electron chi connectivity index (χ1n) is 19.6. The molecule has 52 heavy (non-hydrogen) atoms. The van der Waals surface area contributed by atoms with Crippen LogP contribution < -0.4 is 21.7 Å². The fraction of sp³-hybridized carbons (Fsp3) is 0.700. The van der Waals surface area contributed by atoms with Crippen LogP contribution in [-0.4, -0.2) is 70.6 Å². The molecule has 0 spiro atoms. The maximum Gasteiger partial charge on any atom is 0.332 e. The summed E-state index contributed by atoms with van der Waals surface area (Å²) in [6.45, 7) is 4.62. The lowest BCUT2D eigenvalue weighted by Gasteiger charge is -2.48. The summed E-state index contributed by atoms with van der Waals surface area (Å²) in [5.74, 6) is -2.20. The third kappa shape index (κ3) is 7.31. The summed E-state index contributed by atoms with van der Waals surface area (Å²) in [6.07, 6.45) is 10.5. The van der Waals surface area contributed by atoms with Crippen LogP contribution in [0.25, 0.3) is 0 Å². The maximum absolute atomic E-state index is 14.7. The Bertz CT molecular complexity index is 1570. The van der Waals surface area contributed by atoms with Gasteiger partial charge in [0.2, 0.25) is 17.6 Å². The number of nitrogens with two attached hydrogens (primary N) is 1. The summed E-state index contributed by atoms with van der Waals surface area (Å²) in [6, 6.07) is 6.10. The lowest BCUT2D eigenvalue weighted by atomic mass is 9.60. The Morgan fingerprint density at radius 3 is 2.25 bits per heavy atom. The zero-order valence-corrected chi connectivity index (χ0v) is 30.6. The number of Topliss-reactive ketones (excluding diaryl/α,β-unsaturated/α-hetero) is 1. The molecule has 8 atom stereocenters. The first-order valence-corrected chi connectivity index (χ1v) is 19.6. The van der Waals surface area contributed by atoms with E-state index in [-0.39, 0.29) is 41.6 Å². The van der Waals surface area contributed by atoms with Crippen molar-refractivity contribution in [3.05, 3.63) is 35.9 Å². The normalized spacial score (nSPS) is 31.4. The summed E-state index contributed by atoms with van der Waals surface area (Å²) in [5.41, 5.74) is 4.84. The number of hydrogen-bond acceptors (Lipinski definition) is 7. The molecule has 12 nitrogen and oxygen atoms in total.